The van der Waals surface area contributed by atoms with Crippen LogP contribution in [0.15, 0.2) is 41.4 Å². The SMILES string of the molecule is CC(C)Oc1cc(-c2ccc(/N=C\N(C)C)c(C#N)c2)ccc1F. The number of nitrogens with zero attached hydrogens (tertiary/aromatic N) is 3. The maximum atomic E-state index is 13.8. The summed E-state index contributed by atoms with van der Waals surface area (Å²) in [7, 11) is 3.72. The standard InChI is InChI=1S/C19H20FN3O/c1-13(2)24-19-10-15(5-7-17(19)20)14-6-8-18(16(9-14)11-21)22-12-23(3)4/h5-10,12-13H,1-4H3/b22-12-. The first-order chi connectivity index (χ1) is 11.4. The zero-order valence-corrected chi connectivity index (χ0v) is 14.2. The number of hydrogen-bond donors (Lipinski definition) is 0. The third-order valence-corrected chi connectivity index (χ3v) is 3.17. The predicted octanol–water partition coefficient (Wildman–Crippen LogP) is 4.37. The second kappa shape index (κ2) is 7.60. The zero-order chi connectivity index (χ0) is 17.7. The molecule has 24 heavy (non-hydrogen) atoms. The molecule has 4 nitrogen and oxygen atoms in total. The van der Waals surface area contributed by atoms with E-state index in [1.165, 1.54) is 6.07 Å². The van der Waals surface area contributed by atoms with Crippen molar-refractivity contribution in [2.45, 2.75) is 20.0 Å². The van der Waals surface area contributed by atoms with E-state index in [4.69, 9.17) is 4.74 Å². The quantitative estimate of drug-likeness (QED) is 0.606. The molecule has 2 rings (SSSR count). The lowest BCUT2D eigenvalue weighted by Crippen LogP contribution is -2.07. The Bertz CT molecular complexity index is 792. The molecule has 0 saturated heterocycles. The highest BCUT2D eigenvalue weighted by atomic mass is 19.1. The van der Waals surface area contributed by atoms with E-state index in [0.717, 1.165) is 11.1 Å². The average Bonchev–Trinajstić information content (AvgIpc) is 2.54. The molecule has 0 bridgehead atoms. The lowest BCUT2D eigenvalue weighted by Gasteiger charge is -2.12. The average molecular weight is 325 g/mol. The number of benzene rings is 2. The van der Waals surface area contributed by atoms with Crippen LogP contribution < -0.4 is 4.74 Å². The van der Waals surface area contributed by atoms with Crippen LogP contribution in [-0.2, 0) is 0 Å². The molecule has 0 heterocycles. The highest BCUT2D eigenvalue weighted by Gasteiger charge is 2.10. The summed E-state index contributed by atoms with van der Waals surface area (Å²) in [6.07, 6.45) is 1.52. The van der Waals surface area contributed by atoms with E-state index in [1.807, 2.05) is 34.0 Å². The normalized spacial score (nSPS) is 10.9. The van der Waals surface area contributed by atoms with E-state index >= 15 is 0 Å². The predicted molar refractivity (Wildman–Crippen MR) is 94.2 cm³/mol. The fourth-order valence-corrected chi connectivity index (χ4v) is 2.12. The van der Waals surface area contributed by atoms with Gasteiger partial charge in [-0.1, -0.05) is 12.1 Å². The molecule has 0 amide bonds. The van der Waals surface area contributed by atoms with Gasteiger partial charge in [-0.2, -0.15) is 5.26 Å². The maximum absolute atomic E-state index is 13.8. The van der Waals surface area contributed by atoms with Gasteiger partial charge in [-0.15, -0.1) is 0 Å². The molecule has 5 heteroatoms. The molecule has 0 aliphatic carbocycles. The molecule has 0 spiro atoms. The van der Waals surface area contributed by atoms with Gasteiger partial charge in [0.05, 0.1) is 23.7 Å². The minimum atomic E-state index is -0.403. The van der Waals surface area contributed by atoms with Crippen LogP contribution in [0.4, 0.5) is 10.1 Å². The van der Waals surface area contributed by atoms with Crippen molar-refractivity contribution in [2.75, 3.05) is 14.1 Å². The van der Waals surface area contributed by atoms with E-state index in [1.54, 1.807) is 35.5 Å². The monoisotopic (exact) mass is 325 g/mol. The van der Waals surface area contributed by atoms with E-state index < -0.39 is 5.82 Å². The first kappa shape index (κ1) is 17.5. The molecule has 0 unspecified atom stereocenters. The van der Waals surface area contributed by atoms with Gasteiger partial charge in [0.15, 0.2) is 11.6 Å². The van der Waals surface area contributed by atoms with Crippen LogP contribution in [0, 0.1) is 17.1 Å². The van der Waals surface area contributed by atoms with E-state index in [9.17, 15) is 9.65 Å². The molecule has 0 N–H and O–H groups in total. The maximum Gasteiger partial charge on any atom is 0.165 e. The Morgan fingerprint density at radius 1 is 1.17 bits per heavy atom. The van der Waals surface area contributed by atoms with Crippen LogP contribution in [0.2, 0.25) is 0 Å². The summed E-state index contributed by atoms with van der Waals surface area (Å²) in [5.41, 5.74) is 2.65. The highest BCUT2D eigenvalue weighted by molar-refractivity contribution is 5.73. The molecule has 0 aliphatic rings. The summed E-state index contributed by atoms with van der Waals surface area (Å²) >= 11 is 0. The lowest BCUT2D eigenvalue weighted by molar-refractivity contribution is 0.231. The zero-order valence-electron chi connectivity index (χ0n) is 14.2. The molecular formula is C19H20FN3O. The summed E-state index contributed by atoms with van der Waals surface area (Å²) in [5.74, 6) is -0.198. The molecule has 124 valence electrons. The Kier molecular flexibility index (Phi) is 5.54. The van der Waals surface area contributed by atoms with Gasteiger partial charge in [-0.25, -0.2) is 9.38 Å². The second-order valence-corrected chi connectivity index (χ2v) is 5.86. The summed E-state index contributed by atoms with van der Waals surface area (Å²) in [4.78, 5) is 6.07. The van der Waals surface area contributed by atoms with E-state index in [2.05, 4.69) is 11.1 Å². The van der Waals surface area contributed by atoms with Gasteiger partial charge in [-0.05, 0) is 49.2 Å². The minimum absolute atomic E-state index is 0.118. The number of aliphatic imine (C=N–C) groups is 1. The van der Waals surface area contributed by atoms with Gasteiger partial charge < -0.3 is 9.64 Å². The Balaban J connectivity index is 2.41. The Morgan fingerprint density at radius 3 is 2.46 bits per heavy atom. The molecule has 0 radical (unpaired) electrons. The molecule has 0 aromatic heterocycles. The first-order valence-electron chi connectivity index (χ1n) is 7.62. The summed E-state index contributed by atoms with van der Waals surface area (Å²) < 4.78 is 19.3. The largest absolute Gasteiger partial charge is 0.488 e. The van der Waals surface area contributed by atoms with Crippen molar-refractivity contribution in [3.05, 3.63) is 47.8 Å². The topological polar surface area (TPSA) is 48.6 Å². The summed E-state index contributed by atoms with van der Waals surface area (Å²) in [6, 6.07) is 12.2. The minimum Gasteiger partial charge on any atom is -0.488 e. The van der Waals surface area contributed by atoms with Crippen molar-refractivity contribution in [2.24, 2.45) is 4.99 Å². The van der Waals surface area contributed by atoms with Gasteiger partial charge in [0.1, 0.15) is 6.07 Å². The van der Waals surface area contributed by atoms with Gasteiger partial charge in [0, 0.05) is 14.1 Å². The van der Waals surface area contributed by atoms with Gasteiger partial charge in [0.25, 0.3) is 0 Å². The number of hydrogen-bond acceptors (Lipinski definition) is 3. The molecule has 0 saturated carbocycles. The molecule has 0 atom stereocenters. The smallest absolute Gasteiger partial charge is 0.165 e. The van der Waals surface area contributed by atoms with Crippen molar-refractivity contribution < 1.29 is 9.13 Å². The fourth-order valence-electron chi connectivity index (χ4n) is 2.12. The number of rotatable bonds is 5. The van der Waals surface area contributed by atoms with Crippen molar-refractivity contribution in [1.82, 2.24) is 4.90 Å². The molecule has 2 aromatic carbocycles. The van der Waals surface area contributed by atoms with Crippen LogP contribution >= 0.6 is 0 Å². The van der Waals surface area contributed by atoms with Gasteiger partial charge >= 0.3 is 0 Å². The van der Waals surface area contributed by atoms with Crippen LogP contribution in [0.1, 0.15) is 19.4 Å². The van der Waals surface area contributed by atoms with Gasteiger partial charge in [-0.3, -0.25) is 0 Å². The van der Waals surface area contributed by atoms with E-state index in [-0.39, 0.29) is 11.9 Å². The van der Waals surface area contributed by atoms with Crippen LogP contribution in [0.3, 0.4) is 0 Å². The van der Waals surface area contributed by atoms with Crippen molar-refractivity contribution >= 4 is 12.0 Å². The van der Waals surface area contributed by atoms with Crippen molar-refractivity contribution in [3.8, 4) is 22.9 Å². The molecular weight excluding hydrogens is 305 g/mol. The number of ether oxygens (including phenoxy) is 1. The van der Waals surface area contributed by atoms with Crippen molar-refractivity contribution in [3.63, 3.8) is 0 Å². The number of halogens is 1. The highest BCUT2D eigenvalue weighted by Crippen LogP contribution is 2.30. The fraction of sp³-hybridized carbons (Fsp3) is 0.263. The lowest BCUT2D eigenvalue weighted by atomic mass is 10.0. The summed E-state index contributed by atoms with van der Waals surface area (Å²) in [5, 5.41) is 9.35. The Hall–Kier alpha value is -2.87. The van der Waals surface area contributed by atoms with E-state index in [0.29, 0.717) is 11.3 Å². The van der Waals surface area contributed by atoms with Crippen LogP contribution in [0.25, 0.3) is 11.1 Å². The number of nitriles is 1. The third kappa shape index (κ3) is 4.32. The first-order valence-corrected chi connectivity index (χ1v) is 7.62. The molecule has 0 fully saturated rings. The Labute approximate surface area is 141 Å². The van der Waals surface area contributed by atoms with Crippen LogP contribution in [-0.4, -0.2) is 31.4 Å². The van der Waals surface area contributed by atoms with Crippen molar-refractivity contribution in [1.29, 1.82) is 5.26 Å². The Morgan fingerprint density at radius 2 is 1.83 bits per heavy atom. The second-order valence-electron chi connectivity index (χ2n) is 5.86. The molecule has 0 aliphatic heterocycles. The molecule has 2 aromatic rings. The third-order valence-electron chi connectivity index (χ3n) is 3.17. The summed E-state index contributed by atoms with van der Waals surface area (Å²) in [6.45, 7) is 3.69. The van der Waals surface area contributed by atoms with Crippen LogP contribution in [0.5, 0.6) is 5.75 Å². The van der Waals surface area contributed by atoms with Gasteiger partial charge in [0.2, 0.25) is 0 Å².